The minimum absolute atomic E-state index is 0.0739. The molecule has 1 amide bonds. The highest BCUT2D eigenvalue weighted by atomic mass is 16.7. The van der Waals surface area contributed by atoms with Crippen molar-refractivity contribution in [2.45, 2.75) is 43.9 Å². The fourth-order valence-electron chi connectivity index (χ4n) is 4.12. The molecule has 0 saturated carbocycles. The molecule has 9 nitrogen and oxygen atoms in total. The number of rotatable bonds is 10. The van der Waals surface area contributed by atoms with Gasteiger partial charge in [0.15, 0.2) is 18.5 Å². The van der Waals surface area contributed by atoms with Crippen LogP contribution in [0.1, 0.15) is 21.5 Å². The van der Waals surface area contributed by atoms with Crippen molar-refractivity contribution in [2.24, 2.45) is 0 Å². The van der Waals surface area contributed by atoms with Crippen molar-refractivity contribution in [3.05, 3.63) is 102 Å². The normalized spacial score (nSPS) is 22.9. The number of carbonyl (C=O) groups excluding carboxylic acids is 2. The van der Waals surface area contributed by atoms with Gasteiger partial charge in [-0.05, 0) is 35.4 Å². The summed E-state index contributed by atoms with van der Waals surface area (Å²) in [5, 5.41) is 13.4. The van der Waals surface area contributed by atoms with Gasteiger partial charge in [0.2, 0.25) is 0 Å². The summed E-state index contributed by atoms with van der Waals surface area (Å²) in [4.78, 5) is 25.9. The van der Waals surface area contributed by atoms with Crippen LogP contribution in [0.4, 0.5) is 0 Å². The molecule has 0 aliphatic carbocycles. The Morgan fingerprint density at radius 2 is 1.39 bits per heavy atom. The Kier molecular flexibility index (Phi) is 9.45. The van der Waals surface area contributed by atoms with E-state index in [4.69, 9.17) is 23.7 Å². The number of nitrogens with one attached hydrogen (secondary N) is 1. The Morgan fingerprint density at radius 1 is 0.816 bits per heavy atom. The molecule has 9 heteroatoms. The number of aliphatic hydroxyl groups excluding tert-OH is 1. The molecule has 1 aliphatic heterocycles. The van der Waals surface area contributed by atoms with Crippen LogP contribution in [0.15, 0.2) is 84.9 Å². The first-order chi connectivity index (χ1) is 18.5. The summed E-state index contributed by atoms with van der Waals surface area (Å²) in [6, 6.07) is 25.0. The third-order valence-corrected chi connectivity index (χ3v) is 6.16. The van der Waals surface area contributed by atoms with Gasteiger partial charge in [0.1, 0.15) is 18.0 Å². The number of likely N-dealkylation sites (N-methyl/N-ethyl adjacent to an activating group) is 1. The van der Waals surface area contributed by atoms with Crippen LogP contribution in [0, 0.1) is 0 Å². The van der Waals surface area contributed by atoms with Gasteiger partial charge in [-0.2, -0.15) is 0 Å². The first-order valence-electron chi connectivity index (χ1n) is 12.2. The van der Waals surface area contributed by atoms with Crippen LogP contribution in [0.25, 0.3) is 0 Å². The monoisotopic (exact) mass is 521 g/mol. The number of aliphatic hydroxyl groups is 1. The van der Waals surface area contributed by atoms with Crippen molar-refractivity contribution >= 4 is 11.9 Å². The number of hydrogen-bond donors (Lipinski definition) is 2. The zero-order valence-corrected chi connectivity index (χ0v) is 21.2. The van der Waals surface area contributed by atoms with Crippen LogP contribution < -0.4 is 10.1 Å². The maximum absolute atomic E-state index is 13.1. The highest BCUT2D eigenvalue weighted by Crippen LogP contribution is 2.30. The first kappa shape index (κ1) is 27.3. The summed E-state index contributed by atoms with van der Waals surface area (Å²) in [5.74, 6) is -0.490. The first-order valence-corrected chi connectivity index (χ1v) is 12.2. The van der Waals surface area contributed by atoms with E-state index >= 15 is 0 Å². The lowest BCUT2D eigenvalue weighted by Gasteiger charge is -2.43. The lowest BCUT2D eigenvalue weighted by molar-refractivity contribution is -0.295. The number of amides is 1. The smallest absolute Gasteiger partial charge is 0.338 e. The van der Waals surface area contributed by atoms with Gasteiger partial charge in [-0.25, -0.2) is 4.79 Å². The Morgan fingerprint density at radius 3 is 2.00 bits per heavy atom. The Balaban J connectivity index is 1.62. The van der Waals surface area contributed by atoms with Gasteiger partial charge in [-0.15, -0.1) is 0 Å². The van der Waals surface area contributed by atoms with Crippen molar-refractivity contribution in [2.75, 3.05) is 14.2 Å². The van der Waals surface area contributed by atoms with Gasteiger partial charge >= 0.3 is 5.97 Å². The molecular weight excluding hydrogens is 490 g/mol. The summed E-state index contributed by atoms with van der Waals surface area (Å²) in [7, 11) is 3.02. The van der Waals surface area contributed by atoms with Crippen molar-refractivity contribution in [3.63, 3.8) is 0 Å². The van der Waals surface area contributed by atoms with Crippen LogP contribution in [0.2, 0.25) is 0 Å². The van der Waals surface area contributed by atoms with Crippen molar-refractivity contribution in [1.82, 2.24) is 5.32 Å². The van der Waals surface area contributed by atoms with Gasteiger partial charge in [-0.3, -0.25) is 4.79 Å². The van der Waals surface area contributed by atoms with Gasteiger partial charge in [0.25, 0.3) is 5.91 Å². The van der Waals surface area contributed by atoms with Gasteiger partial charge < -0.3 is 34.1 Å². The van der Waals surface area contributed by atoms with E-state index in [-0.39, 0.29) is 13.2 Å². The lowest BCUT2D eigenvalue weighted by Crippen LogP contribution is -2.63. The molecule has 2 N–H and O–H groups in total. The number of esters is 1. The topological polar surface area (TPSA) is 113 Å². The molecule has 200 valence electrons. The van der Waals surface area contributed by atoms with E-state index in [9.17, 15) is 14.7 Å². The molecule has 1 unspecified atom stereocenters. The number of hydrogen-bond acceptors (Lipinski definition) is 8. The summed E-state index contributed by atoms with van der Waals surface area (Å²) >= 11 is 0. The van der Waals surface area contributed by atoms with Crippen LogP contribution in [0.3, 0.4) is 0 Å². The molecule has 1 saturated heterocycles. The summed E-state index contributed by atoms with van der Waals surface area (Å²) in [6.07, 6.45) is -6.22. The number of methoxy groups -OCH3 is 1. The molecule has 38 heavy (non-hydrogen) atoms. The number of carbonyl (C=O) groups is 2. The molecule has 0 radical (unpaired) electrons. The number of benzene rings is 3. The molecule has 1 fully saturated rings. The van der Waals surface area contributed by atoms with E-state index in [1.165, 1.54) is 7.05 Å². The number of ether oxygens (including phenoxy) is 5. The van der Waals surface area contributed by atoms with Crippen molar-refractivity contribution in [1.29, 1.82) is 0 Å². The highest BCUT2D eigenvalue weighted by molar-refractivity contribution is 5.89. The predicted molar refractivity (Wildman–Crippen MR) is 137 cm³/mol. The minimum atomic E-state index is -1.57. The summed E-state index contributed by atoms with van der Waals surface area (Å²) in [6.45, 7) is 0.188. The molecule has 0 aromatic heterocycles. The molecule has 1 heterocycles. The van der Waals surface area contributed by atoms with E-state index in [0.717, 1.165) is 11.1 Å². The molecule has 5 atom stereocenters. The van der Waals surface area contributed by atoms with Crippen LogP contribution in [-0.4, -0.2) is 61.8 Å². The van der Waals surface area contributed by atoms with Crippen LogP contribution in [0.5, 0.6) is 5.75 Å². The molecule has 0 bridgehead atoms. The third-order valence-electron chi connectivity index (χ3n) is 6.16. The quantitative estimate of drug-likeness (QED) is 0.392. The SMILES string of the molecule is CNC(=O)[C@@H]1OC(O)[C@H](OCc2ccc(OC)cc2)[C@@H](OC(=O)c2ccccc2)[C@@H]1OCc1ccccc1. The van der Waals surface area contributed by atoms with E-state index in [2.05, 4.69) is 5.32 Å². The van der Waals surface area contributed by atoms with Gasteiger partial charge in [0.05, 0.1) is 25.9 Å². The molecule has 3 aromatic carbocycles. The zero-order valence-electron chi connectivity index (χ0n) is 21.2. The van der Waals surface area contributed by atoms with Crippen LogP contribution >= 0.6 is 0 Å². The summed E-state index contributed by atoms with van der Waals surface area (Å²) in [5.41, 5.74) is 1.94. The molecule has 3 aromatic rings. The molecule has 4 rings (SSSR count). The third kappa shape index (κ3) is 6.76. The largest absolute Gasteiger partial charge is 0.497 e. The Labute approximate surface area is 221 Å². The average molecular weight is 522 g/mol. The highest BCUT2D eigenvalue weighted by Gasteiger charge is 2.51. The van der Waals surface area contributed by atoms with Gasteiger partial charge in [-0.1, -0.05) is 60.7 Å². The minimum Gasteiger partial charge on any atom is -0.497 e. The molecule has 0 spiro atoms. The van der Waals surface area contributed by atoms with E-state index in [1.54, 1.807) is 49.6 Å². The van der Waals surface area contributed by atoms with Crippen molar-refractivity contribution in [3.8, 4) is 5.75 Å². The maximum Gasteiger partial charge on any atom is 0.338 e. The Bertz CT molecular complexity index is 1170. The molecule has 1 aliphatic rings. The standard InChI is InChI=1S/C29H31NO8/c1-30-27(31)25-23(35-17-19-9-5-3-6-10-19)24(37-28(32)21-11-7-4-8-12-21)26(29(33)38-25)36-18-20-13-15-22(34-2)16-14-20/h3-16,23-26,29,33H,17-18H2,1-2H3,(H,30,31)/t23-,24-,25+,26+,29?/m0/s1. The second-order valence-corrected chi connectivity index (χ2v) is 8.68. The Hall–Kier alpha value is -3.76. The van der Waals surface area contributed by atoms with E-state index in [0.29, 0.717) is 11.3 Å². The maximum atomic E-state index is 13.1. The van der Waals surface area contributed by atoms with Crippen LogP contribution in [-0.2, 0) is 37.0 Å². The zero-order chi connectivity index (χ0) is 26.9. The van der Waals surface area contributed by atoms with E-state index < -0.39 is 42.6 Å². The lowest BCUT2D eigenvalue weighted by atomic mass is 9.97. The second kappa shape index (κ2) is 13.2. The fourth-order valence-corrected chi connectivity index (χ4v) is 4.12. The summed E-state index contributed by atoms with van der Waals surface area (Å²) < 4.78 is 28.9. The van der Waals surface area contributed by atoms with E-state index in [1.807, 2.05) is 42.5 Å². The predicted octanol–water partition coefficient (Wildman–Crippen LogP) is 2.85. The second-order valence-electron chi connectivity index (χ2n) is 8.68. The van der Waals surface area contributed by atoms with Gasteiger partial charge in [0, 0.05) is 7.05 Å². The van der Waals surface area contributed by atoms with Crippen molar-refractivity contribution < 1.29 is 38.4 Å². The average Bonchev–Trinajstić information content (AvgIpc) is 2.97. The fraction of sp³-hybridized carbons (Fsp3) is 0.310. The molecular formula is C29H31NO8.